The number of carbonyl (C=O) groups is 1. The minimum Gasteiger partial charge on any atom is -0.496 e. The Morgan fingerprint density at radius 1 is 1.12 bits per heavy atom. The molecule has 0 radical (unpaired) electrons. The van der Waals surface area contributed by atoms with Crippen molar-refractivity contribution in [1.29, 1.82) is 0 Å². The van der Waals surface area contributed by atoms with Crippen LogP contribution in [0.25, 0.3) is 22.1 Å². The smallest absolute Gasteiger partial charge is 0.311 e. The lowest BCUT2D eigenvalue weighted by atomic mass is 10.0. The number of unbranched alkanes of at least 4 members (excludes halogenated alkanes) is 1. The van der Waals surface area contributed by atoms with Crippen molar-refractivity contribution >= 4 is 16.9 Å². The van der Waals surface area contributed by atoms with E-state index in [0.29, 0.717) is 40.0 Å². The lowest BCUT2D eigenvalue weighted by Gasteiger charge is -2.09. The van der Waals surface area contributed by atoms with Crippen LogP contribution in [0, 0.1) is 0 Å². The summed E-state index contributed by atoms with van der Waals surface area (Å²) in [6.07, 6.45) is 3.48. The highest BCUT2D eigenvalue weighted by atomic mass is 16.5. The van der Waals surface area contributed by atoms with Gasteiger partial charge in [-0.05, 0) is 24.6 Å². The number of hydrogen-bond donors (Lipinski definition) is 0. The Labute approximate surface area is 151 Å². The average Bonchev–Trinajstić information content (AvgIpc) is 2.66. The Balaban J connectivity index is 1.97. The molecule has 0 aliphatic carbocycles. The van der Waals surface area contributed by atoms with E-state index in [9.17, 15) is 9.59 Å². The van der Waals surface area contributed by atoms with Gasteiger partial charge in [-0.2, -0.15) is 0 Å². The number of carbonyl (C=O) groups excluding carboxylic acids is 1. The Hall–Kier alpha value is -3.08. The first kappa shape index (κ1) is 17.7. The van der Waals surface area contributed by atoms with Gasteiger partial charge in [-0.3, -0.25) is 9.59 Å². The average molecular weight is 352 g/mol. The number of ether oxygens (including phenoxy) is 2. The molecule has 3 aromatic rings. The lowest BCUT2D eigenvalue weighted by Crippen LogP contribution is -2.08. The molecule has 1 heterocycles. The van der Waals surface area contributed by atoms with Crippen molar-refractivity contribution < 1.29 is 18.7 Å². The van der Waals surface area contributed by atoms with E-state index in [1.54, 1.807) is 37.4 Å². The zero-order valence-electron chi connectivity index (χ0n) is 14.8. The number of hydrogen-bond acceptors (Lipinski definition) is 5. The molecule has 5 nitrogen and oxygen atoms in total. The standard InChI is InChI=1S/C21H20O5/c1-3-4-9-20(22)26-14-10-11-16-19(12-14)25-13-17(21(16)23)15-7-5-6-8-18(15)24-2/h5-8,10-13H,3-4,9H2,1-2H3. The van der Waals surface area contributed by atoms with Crippen molar-refractivity contribution in [1.82, 2.24) is 0 Å². The molecular weight excluding hydrogens is 332 g/mol. The van der Waals surface area contributed by atoms with Crippen LogP contribution in [0.4, 0.5) is 0 Å². The van der Waals surface area contributed by atoms with Crippen LogP contribution in [0.3, 0.4) is 0 Å². The van der Waals surface area contributed by atoms with Crippen molar-refractivity contribution in [2.45, 2.75) is 26.2 Å². The van der Waals surface area contributed by atoms with Crippen LogP contribution >= 0.6 is 0 Å². The maximum Gasteiger partial charge on any atom is 0.311 e. The van der Waals surface area contributed by atoms with Gasteiger partial charge < -0.3 is 13.9 Å². The van der Waals surface area contributed by atoms with Crippen molar-refractivity contribution in [2.75, 3.05) is 7.11 Å². The molecule has 0 aliphatic rings. The summed E-state index contributed by atoms with van der Waals surface area (Å²) >= 11 is 0. The summed E-state index contributed by atoms with van der Waals surface area (Å²) < 4.78 is 16.3. The van der Waals surface area contributed by atoms with Crippen molar-refractivity contribution in [2.24, 2.45) is 0 Å². The Bertz CT molecular complexity index is 987. The number of esters is 1. The number of methoxy groups -OCH3 is 1. The second kappa shape index (κ2) is 7.87. The number of fused-ring (bicyclic) bond motifs is 1. The molecule has 2 aromatic carbocycles. The summed E-state index contributed by atoms with van der Waals surface area (Å²) in [5, 5.41) is 0.418. The number of para-hydroxylation sites is 1. The second-order valence-electron chi connectivity index (χ2n) is 5.91. The van der Waals surface area contributed by atoms with Gasteiger partial charge in [0.05, 0.1) is 18.1 Å². The highest BCUT2D eigenvalue weighted by molar-refractivity contribution is 5.84. The zero-order valence-corrected chi connectivity index (χ0v) is 14.8. The molecule has 0 amide bonds. The van der Waals surface area contributed by atoms with Gasteiger partial charge in [-0.1, -0.05) is 31.5 Å². The van der Waals surface area contributed by atoms with Crippen LogP contribution in [0.2, 0.25) is 0 Å². The molecular formula is C21H20O5. The Morgan fingerprint density at radius 2 is 1.92 bits per heavy atom. The first-order valence-electron chi connectivity index (χ1n) is 8.53. The third-order valence-corrected chi connectivity index (χ3v) is 4.11. The molecule has 134 valence electrons. The molecule has 0 aliphatic heterocycles. The van der Waals surface area contributed by atoms with E-state index in [1.165, 1.54) is 6.26 Å². The van der Waals surface area contributed by atoms with Crippen LogP contribution in [-0.4, -0.2) is 13.1 Å². The van der Waals surface area contributed by atoms with Gasteiger partial charge in [-0.15, -0.1) is 0 Å². The molecule has 0 atom stereocenters. The topological polar surface area (TPSA) is 65.7 Å². The molecule has 3 rings (SSSR count). The van der Waals surface area contributed by atoms with E-state index in [2.05, 4.69) is 0 Å². The normalized spacial score (nSPS) is 10.7. The largest absolute Gasteiger partial charge is 0.496 e. The van der Waals surface area contributed by atoms with Gasteiger partial charge in [0.25, 0.3) is 0 Å². The van der Waals surface area contributed by atoms with E-state index in [0.717, 1.165) is 12.8 Å². The van der Waals surface area contributed by atoms with Crippen molar-refractivity contribution in [3.05, 3.63) is 59.0 Å². The first-order chi connectivity index (χ1) is 12.6. The molecule has 0 N–H and O–H groups in total. The Morgan fingerprint density at radius 3 is 2.69 bits per heavy atom. The minimum absolute atomic E-state index is 0.167. The van der Waals surface area contributed by atoms with Crippen LogP contribution in [-0.2, 0) is 4.79 Å². The number of benzene rings is 2. The third kappa shape index (κ3) is 3.61. The third-order valence-electron chi connectivity index (χ3n) is 4.11. The summed E-state index contributed by atoms with van der Waals surface area (Å²) in [7, 11) is 1.56. The van der Waals surface area contributed by atoms with Crippen LogP contribution < -0.4 is 14.9 Å². The highest BCUT2D eigenvalue weighted by Crippen LogP contribution is 2.29. The van der Waals surface area contributed by atoms with E-state index in [-0.39, 0.29) is 11.4 Å². The van der Waals surface area contributed by atoms with E-state index >= 15 is 0 Å². The molecule has 0 spiro atoms. The molecule has 0 bridgehead atoms. The fourth-order valence-corrected chi connectivity index (χ4v) is 2.73. The Kier molecular flexibility index (Phi) is 5.37. The van der Waals surface area contributed by atoms with Crippen molar-refractivity contribution in [3.8, 4) is 22.6 Å². The van der Waals surface area contributed by atoms with Gasteiger partial charge in [0, 0.05) is 18.1 Å². The zero-order chi connectivity index (χ0) is 18.5. The summed E-state index contributed by atoms with van der Waals surface area (Å²) in [6.45, 7) is 2.01. The van der Waals surface area contributed by atoms with Gasteiger partial charge in [-0.25, -0.2) is 0 Å². The molecule has 0 saturated carbocycles. The predicted octanol–water partition coefficient (Wildman–Crippen LogP) is 4.56. The van der Waals surface area contributed by atoms with E-state index < -0.39 is 0 Å². The summed E-state index contributed by atoms with van der Waals surface area (Å²) in [5.41, 5.74) is 1.29. The van der Waals surface area contributed by atoms with Gasteiger partial charge in [0.15, 0.2) is 0 Å². The molecule has 1 aromatic heterocycles. The maximum atomic E-state index is 12.8. The molecule has 26 heavy (non-hydrogen) atoms. The maximum absolute atomic E-state index is 12.8. The summed E-state index contributed by atoms with van der Waals surface area (Å²) in [4.78, 5) is 24.6. The van der Waals surface area contributed by atoms with Gasteiger partial charge in [0.2, 0.25) is 5.43 Å². The molecule has 5 heteroatoms. The van der Waals surface area contributed by atoms with Gasteiger partial charge in [0.1, 0.15) is 23.3 Å². The second-order valence-corrected chi connectivity index (χ2v) is 5.91. The van der Waals surface area contributed by atoms with Gasteiger partial charge >= 0.3 is 5.97 Å². The van der Waals surface area contributed by atoms with E-state index in [4.69, 9.17) is 13.9 Å². The first-order valence-corrected chi connectivity index (χ1v) is 8.53. The van der Waals surface area contributed by atoms with E-state index in [1.807, 2.05) is 19.1 Å². The molecule has 0 saturated heterocycles. The fraction of sp³-hybridized carbons (Fsp3) is 0.238. The minimum atomic E-state index is -0.292. The monoisotopic (exact) mass is 352 g/mol. The lowest BCUT2D eigenvalue weighted by molar-refractivity contribution is -0.134. The van der Waals surface area contributed by atoms with Crippen molar-refractivity contribution in [3.63, 3.8) is 0 Å². The SMILES string of the molecule is CCCCC(=O)Oc1ccc2c(=O)c(-c3ccccc3OC)coc2c1. The highest BCUT2D eigenvalue weighted by Gasteiger charge is 2.14. The van der Waals surface area contributed by atoms with Crippen LogP contribution in [0.15, 0.2) is 57.9 Å². The van der Waals surface area contributed by atoms with Crippen LogP contribution in [0.1, 0.15) is 26.2 Å². The summed E-state index contributed by atoms with van der Waals surface area (Å²) in [5.74, 6) is 0.673. The predicted molar refractivity (Wildman–Crippen MR) is 99.6 cm³/mol. The van der Waals surface area contributed by atoms with Crippen LogP contribution in [0.5, 0.6) is 11.5 Å². The summed E-state index contributed by atoms with van der Waals surface area (Å²) in [6, 6.07) is 12.0. The number of rotatable bonds is 6. The molecule has 0 unspecified atom stereocenters. The quantitative estimate of drug-likeness (QED) is 0.480. The molecule has 0 fully saturated rings. The fourth-order valence-electron chi connectivity index (χ4n) is 2.73.